The van der Waals surface area contributed by atoms with Crippen LogP contribution < -0.4 is 0 Å². The van der Waals surface area contributed by atoms with E-state index in [-0.39, 0.29) is 0 Å². The minimum absolute atomic E-state index is 0.574. The standard InChI is InChI=1S/C15H32/c1-6-9-10-12-15(4,5)13-14(8-3)11-7-2/h14H,6-13H2,1-5H3. The van der Waals surface area contributed by atoms with Crippen LogP contribution in [0.3, 0.4) is 0 Å². The first-order valence-electron chi connectivity index (χ1n) is 7.05. The number of hydrogen-bond acceptors (Lipinski definition) is 0. The van der Waals surface area contributed by atoms with Gasteiger partial charge in [0, 0.05) is 0 Å². The van der Waals surface area contributed by atoms with Gasteiger partial charge in [-0.1, -0.05) is 73.1 Å². The molecule has 15 heavy (non-hydrogen) atoms. The lowest BCUT2D eigenvalue weighted by molar-refractivity contribution is 0.227. The molecule has 0 fully saturated rings. The number of unbranched alkanes of at least 4 members (excludes halogenated alkanes) is 2. The van der Waals surface area contributed by atoms with Crippen molar-refractivity contribution < 1.29 is 0 Å². The second-order valence-corrected chi connectivity index (χ2v) is 5.89. The molecule has 0 aromatic rings. The first-order valence-corrected chi connectivity index (χ1v) is 7.05. The van der Waals surface area contributed by atoms with E-state index in [0.717, 1.165) is 5.92 Å². The molecule has 0 radical (unpaired) electrons. The van der Waals surface area contributed by atoms with Crippen LogP contribution in [-0.2, 0) is 0 Å². The van der Waals surface area contributed by atoms with E-state index in [2.05, 4.69) is 34.6 Å². The third-order valence-electron chi connectivity index (χ3n) is 3.57. The van der Waals surface area contributed by atoms with E-state index in [1.165, 1.54) is 51.4 Å². The summed E-state index contributed by atoms with van der Waals surface area (Å²) in [6.07, 6.45) is 11.2. The molecule has 1 unspecified atom stereocenters. The summed E-state index contributed by atoms with van der Waals surface area (Å²) in [6, 6.07) is 0. The van der Waals surface area contributed by atoms with Crippen molar-refractivity contribution in [1.29, 1.82) is 0 Å². The predicted octanol–water partition coefficient (Wildman–Crippen LogP) is 5.81. The van der Waals surface area contributed by atoms with Crippen molar-refractivity contribution in [3.63, 3.8) is 0 Å². The first-order chi connectivity index (χ1) is 7.05. The minimum atomic E-state index is 0.574. The molecule has 0 bridgehead atoms. The fraction of sp³-hybridized carbons (Fsp3) is 1.00. The quantitative estimate of drug-likeness (QED) is 0.423. The van der Waals surface area contributed by atoms with Crippen LogP contribution in [-0.4, -0.2) is 0 Å². The zero-order chi connectivity index (χ0) is 11.7. The van der Waals surface area contributed by atoms with E-state index in [0.29, 0.717) is 5.41 Å². The highest BCUT2D eigenvalue weighted by atomic mass is 14.3. The summed E-state index contributed by atoms with van der Waals surface area (Å²) in [5.41, 5.74) is 0.574. The Labute approximate surface area is 97.8 Å². The fourth-order valence-electron chi connectivity index (χ4n) is 2.60. The van der Waals surface area contributed by atoms with Crippen molar-refractivity contribution in [2.45, 2.75) is 86.0 Å². The van der Waals surface area contributed by atoms with Crippen LogP contribution in [0.2, 0.25) is 0 Å². The molecule has 92 valence electrons. The van der Waals surface area contributed by atoms with E-state index in [1.54, 1.807) is 0 Å². The molecule has 0 rings (SSSR count). The Morgan fingerprint density at radius 2 is 1.60 bits per heavy atom. The van der Waals surface area contributed by atoms with Gasteiger partial charge in [-0.3, -0.25) is 0 Å². The minimum Gasteiger partial charge on any atom is -0.0654 e. The summed E-state index contributed by atoms with van der Waals surface area (Å²) in [5, 5.41) is 0. The van der Waals surface area contributed by atoms with Crippen LogP contribution >= 0.6 is 0 Å². The van der Waals surface area contributed by atoms with Gasteiger partial charge in [0.2, 0.25) is 0 Å². The van der Waals surface area contributed by atoms with Crippen molar-refractivity contribution in [2.24, 2.45) is 11.3 Å². The molecule has 0 aliphatic carbocycles. The normalized spacial score (nSPS) is 14.2. The largest absolute Gasteiger partial charge is 0.0654 e. The Hall–Kier alpha value is 0. The molecule has 0 saturated heterocycles. The maximum Gasteiger partial charge on any atom is -0.0352 e. The van der Waals surface area contributed by atoms with Crippen LogP contribution in [0, 0.1) is 11.3 Å². The maximum atomic E-state index is 2.46. The Morgan fingerprint density at radius 1 is 0.933 bits per heavy atom. The molecular weight excluding hydrogens is 180 g/mol. The van der Waals surface area contributed by atoms with E-state index in [1.807, 2.05) is 0 Å². The Bertz CT molecular complexity index is 135. The molecule has 0 nitrogen and oxygen atoms in total. The lowest BCUT2D eigenvalue weighted by Gasteiger charge is -2.29. The molecule has 0 spiro atoms. The van der Waals surface area contributed by atoms with Crippen molar-refractivity contribution in [3.8, 4) is 0 Å². The molecule has 0 N–H and O–H groups in total. The summed E-state index contributed by atoms with van der Waals surface area (Å²) in [6.45, 7) is 11.9. The predicted molar refractivity (Wildman–Crippen MR) is 71.2 cm³/mol. The van der Waals surface area contributed by atoms with Crippen LogP contribution in [0.15, 0.2) is 0 Å². The van der Waals surface area contributed by atoms with Gasteiger partial charge < -0.3 is 0 Å². The van der Waals surface area contributed by atoms with Gasteiger partial charge in [0.1, 0.15) is 0 Å². The van der Waals surface area contributed by atoms with Gasteiger partial charge in [0.15, 0.2) is 0 Å². The zero-order valence-electron chi connectivity index (χ0n) is 11.7. The van der Waals surface area contributed by atoms with E-state index >= 15 is 0 Å². The van der Waals surface area contributed by atoms with Gasteiger partial charge in [0.05, 0.1) is 0 Å². The topological polar surface area (TPSA) is 0 Å². The number of hydrogen-bond donors (Lipinski definition) is 0. The molecule has 0 saturated carbocycles. The zero-order valence-corrected chi connectivity index (χ0v) is 11.7. The average Bonchev–Trinajstić information content (AvgIpc) is 2.17. The van der Waals surface area contributed by atoms with Gasteiger partial charge in [-0.25, -0.2) is 0 Å². The second kappa shape index (κ2) is 8.19. The lowest BCUT2D eigenvalue weighted by Crippen LogP contribution is -2.17. The molecule has 0 aromatic heterocycles. The van der Waals surface area contributed by atoms with Crippen LogP contribution in [0.1, 0.15) is 86.0 Å². The smallest absolute Gasteiger partial charge is 0.0352 e. The fourth-order valence-corrected chi connectivity index (χ4v) is 2.60. The maximum absolute atomic E-state index is 2.46. The van der Waals surface area contributed by atoms with Gasteiger partial charge >= 0.3 is 0 Å². The molecule has 0 aromatic carbocycles. The van der Waals surface area contributed by atoms with Gasteiger partial charge in [-0.2, -0.15) is 0 Å². The Morgan fingerprint density at radius 3 is 2.07 bits per heavy atom. The molecule has 0 aliphatic heterocycles. The lowest BCUT2D eigenvalue weighted by atomic mass is 9.77. The third kappa shape index (κ3) is 7.88. The second-order valence-electron chi connectivity index (χ2n) is 5.89. The van der Waals surface area contributed by atoms with Crippen molar-refractivity contribution in [3.05, 3.63) is 0 Å². The highest BCUT2D eigenvalue weighted by molar-refractivity contribution is 4.73. The molecule has 1 atom stereocenters. The van der Waals surface area contributed by atoms with Gasteiger partial charge in [0.25, 0.3) is 0 Å². The van der Waals surface area contributed by atoms with Gasteiger partial charge in [-0.05, 0) is 24.2 Å². The van der Waals surface area contributed by atoms with Crippen LogP contribution in [0.4, 0.5) is 0 Å². The van der Waals surface area contributed by atoms with Crippen molar-refractivity contribution in [2.75, 3.05) is 0 Å². The van der Waals surface area contributed by atoms with Crippen molar-refractivity contribution >= 4 is 0 Å². The molecule has 0 heteroatoms. The summed E-state index contributed by atoms with van der Waals surface area (Å²) < 4.78 is 0. The summed E-state index contributed by atoms with van der Waals surface area (Å²) in [4.78, 5) is 0. The monoisotopic (exact) mass is 212 g/mol. The third-order valence-corrected chi connectivity index (χ3v) is 3.57. The molecule has 0 amide bonds. The van der Waals surface area contributed by atoms with E-state index < -0.39 is 0 Å². The van der Waals surface area contributed by atoms with Crippen molar-refractivity contribution in [1.82, 2.24) is 0 Å². The van der Waals surface area contributed by atoms with Crippen LogP contribution in [0.25, 0.3) is 0 Å². The summed E-state index contributed by atoms with van der Waals surface area (Å²) in [5.74, 6) is 0.964. The molecule has 0 heterocycles. The molecule has 0 aliphatic rings. The summed E-state index contributed by atoms with van der Waals surface area (Å²) >= 11 is 0. The van der Waals surface area contributed by atoms with Crippen LogP contribution in [0.5, 0.6) is 0 Å². The van der Waals surface area contributed by atoms with E-state index in [9.17, 15) is 0 Å². The first kappa shape index (κ1) is 15.0. The highest BCUT2D eigenvalue weighted by Gasteiger charge is 2.21. The Balaban J connectivity index is 3.86. The summed E-state index contributed by atoms with van der Waals surface area (Å²) in [7, 11) is 0. The SMILES string of the molecule is CCCCCC(C)(C)CC(CC)CCC. The Kier molecular flexibility index (Phi) is 8.19. The highest BCUT2D eigenvalue weighted by Crippen LogP contribution is 2.34. The average molecular weight is 212 g/mol. The number of rotatable bonds is 9. The van der Waals surface area contributed by atoms with E-state index in [4.69, 9.17) is 0 Å². The molecular formula is C15H32. The van der Waals surface area contributed by atoms with Gasteiger partial charge in [-0.15, -0.1) is 0 Å².